The lowest BCUT2D eigenvalue weighted by molar-refractivity contribution is -0.130. The van der Waals surface area contributed by atoms with Crippen molar-refractivity contribution >= 4 is 0 Å². The van der Waals surface area contributed by atoms with Gasteiger partial charge in [-0.3, -0.25) is 0 Å². The second kappa shape index (κ2) is 5.45. The van der Waals surface area contributed by atoms with Gasteiger partial charge in [-0.15, -0.1) is 0 Å². The van der Waals surface area contributed by atoms with Crippen LogP contribution < -0.4 is 0 Å². The van der Waals surface area contributed by atoms with Gasteiger partial charge in [-0.05, 0) is 31.6 Å². The van der Waals surface area contributed by atoms with Crippen LogP contribution in [-0.4, -0.2) is 42.9 Å². The molecule has 0 amide bonds. The summed E-state index contributed by atoms with van der Waals surface area (Å²) in [6.45, 7) is 2.12. The Morgan fingerprint density at radius 3 is 2.56 bits per heavy atom. The third-order valence-electron chi connectivity index (χ3n) is 4.71. The molecule has 0 bridgehead atoms. The Balaban J connectivity index is 1.54. The summed E-state index contributed by atoms with van der Waals surface area (Å²) in [4.78, 5) is 0. The van der Waals surface area contributed by atoms with E-state index in [2.05, 4.69) is 0 Å². The molecule has 3 aliphatic rings. The zero-order valence-corrected chi connectivity index (χ0v) is 11.0. The van der Waals surface area contributed by atoms with E-state index in [4.69, 9.17) is 14.2 Å². The number of aliphatic hydroxyl groups is 1. The van der Waals surface area contributed by atoms with Crippen molar-refractivity contribution in [3.8, 4) is 0 Å². The first kappa shape index (κ1) is 12.9. The molecule has 0 radical (unpaired) electrons. The molecule has 2 aliphatic heterocycles. The summed E-state index contributed by atoms with van der Waals surface area (Å²) in [5, 5.41) is 10.4. The van der Waals surface area contributed by atoms with Crippen molar-refractivity contribution in [3.63, 3.8) is 0 Å². The van der Waals surface area contributed by atoms with Crippen LogP contribution in [0.1, 0.15) is 44.9 Å². The molecule has 2 heterocycles. The lowest BCUT2D eigenvalue weighted by atomic mass is 9.81. The van der Waals surface area contributed by atoms with Gasteiger partial charge in [0.05, 0.1) is 24.9 Å². The Morgan fingerprint density at radius 2 is 1.83 bits per heavy atom. The zero-order valence-electron chi connectivity index (χ0n) is 11.0. The van der Waals surface area contributed by atoms with Crippen molar-refractivity contribution < 1.29 is 19.3 Å². The highest BCUT2D eigenvalue weighted by Crippen LogP contribution is 2.43. The smallest absolute Gasteiger partial charge is 0.160 e. The van der Waals surface area contributed by atoms with Crippen molar-refractivity contribution in [2.45, 2.75) is 62.9 Å². The number of rotatable bonds is 3. The Morgan fingerprint density at radius 1 is 1.11 bits per heavy atom. The van der Waals surface area contributed by atoms with Gasteiger partial charge in [0, 0.05) is 13.0 Å². The minimum atomic E-state index is -0.311. The van der Waals surface area contributed by atoms with Gasteiger partial charge in [-0.2, -0.15) is 0 Å². The average molecular weight is 256 g/mol. The monoisotopic (exact) mass is 256 g/mol. The van der Waals surface area contributed by atoms with Gasteiger partial charge in [0.1, 0.15) is 0 Å². The summed E-state index contributed by atoms with van der Waals surface area (Å²) >= 11 is 0. The van der Waals surface area contributed by atoms with E-state index in [0.717, 1.165) is 19.4 Å². The molecule has 4 heteroatoms. The number of ether oxygens (including phenoxy) is 3. The molecule has 104 valence electrons. The van der Waals surface area contributed by atoms with Gasteiger partial charge in [0.25, 0.3) is 0 Å². The molecule has 1 N–H and O–H groups in total. The molecule has 1 aliphatic carbocycles. The maximum atomic E-state index is 10.4. The molecule has 3 fully saturated rings. The third kappa shape index (κ3) is 2.72. The fourth-order valence-electron chi connectivity index (χ4n) is 3.69. The van der Waals surface area contributed by atoms with Crippen molar-refractivity contribution in [1.82, 2.24) is 0 Å². The maximum Gasteiger partial charge on any atom is 0.160 e. The lowest BCUT2D eigenvalue weighted by Crippen LogP contribution is -2.41. The second-order valence-corrected chi connectivity index (χ2v) is 5.97. The minimum Gasteiger partial charge on any atom is -0.393 e. The van der Waals surface area contributed by atoms with Crippen LogP contribution >= 0.6 is 0 Å². The summed E-state index contributed by atoms with van der Waals surface area (Å²) in [5.41, 5.74) is 0.0846. The van der Waals surface area contributed by atoms with E-state index in [1.165, 1.54) is 25.7 Å². The molecule has 2 saturated heterocycles. The van der Waals surface area contributed by atoms with E-state index >= 15 is 0 Å². The van der Waals surface area contributed by atoms with Gasteiger partial charge in [-0.25, -0.2) is 0 Å². The topological polar surface area (TPSA) is 47.9 Å². The Labute approximate surface area is 109 Å². The molecule has 3 rings (SSSR count). The first-order chi connectivity index (χ1) is 8.77. The van der Waals surface area contributed by atoms with E-state index in [0.29, 0.717) is 25.6 Å². The molecular weight excluding hydrogens is 232 g/mol. The maximum absolute atomic E-state index is 10.4. The standard InChI is InChI=1S/C14H24O4/c15-12(9-13-16-7-8-17-13)11-3-6-18-14(10-11)4-1-2-5-14/h11-13,15H,1-10H2. The zero-order chi connectivity index (χ0) is 12.4. The van der Waals surface area contributed by atoms with Crippen LogP contribution in [0.25, 0.3) is 0 Å². The quantitative estimate of drug-likeness (QED) is 0.837. The first-order valence-electron chi connectivity index (χ1n) is 7.33. The number of hydrogen-bond donors (Lipinski definition) is 1. The van der Waals surface area contributed by atoms with Gasteiger partial charge < -0.3 is 19.3 Å². The molecule has 4 nitrogen and oxygen atoms in total. The van der Waals surface area contributed by atoms with E-state index in [9.17, 15) is 5.11 Å². The van der Waals surface area contributed by atoms with Crippen LogP contribution in [0, 0.1) is 5.92 Å². The van der Waals surface area contributed by atoms with Gasteiger partial charge in [-0.1, -0.05) is 12.8 Å². The van der Waals surface area contributed by atoms with Gasteiger partial charge in [0.2, 0.25) is 0 Å². The third-order valence-corrected chi connectivity index (χ3v) is 4.71. The van der Waals surface area contributed by atoms with Crippen molar-refractivity contribution in [2.75, 3.05) is 19.8 Å². The first-order valence-corrected chi connectivity index (χ1v) is 7.33. The normalized spacial score (nSPS) is 34.2. The highest BCUT2D eigenvalue weighted by atomic mass is 16.7. The highest BCUT2D eigenvalue weighted by molar-refractivity contribution is 4.93. The van der Waals surface area contributed by atoms with Crippen LogP contribution in [0.15, 0.2) is 0 Å². The molecule has 1 saturated carbocycles. The number of aliphatic hydroxyl groups excluding tert-OH is 1. The van der Waals surface area contributed by atoms with Crippen LogP contribution in [0.2, 0.25) is 0 Å². The van der Waals surface area contributed by atoms with E-state index in [1.807, 2.05) is 0 Å². The highest BCUT2D eigenvalue weighted by Gasteiger charge is 2.42. The Kier molecular flexibility index (Phi) is 3.89. The van der Waals surface area contributed by atoms with Crippen LogP contribution in [-0.2, 0) is 14.2 Å². The molecule has 0 aromatic carbocycles. The summed E-state index contributed by atoms with van der Waals surface area (Å²) in [6, 6.07) is 0. The van der Waals surface area contributed by atoms with Crippen molar-refractivity contribution in [2.24, 2.45) is 5.92 Å². The molecule has 18 heavy (non-hydrogen) atoms. The van der Waals surface area contributed by atoms with Crippen molar-refractivity contribution in [3.05, 3.63) is 0 Å². The Bertz CT molecular complexity index is 269. The largest absolute Gasteiger partial charge is 0.393 e. The van der Waals surface area contributed by atoms with E-state index < -0.39 is 0 Å². The molecule has 0 aromatic rings. The predicted octanol–water partition coefficient (Wildman–Crippen LogP) is 1.85. The fourth-order valence-corrected chi connectivity index (χ4v) is 3.69. The summed E-state index contributed by atoms with van der Waals surface area (Å²) in [7, 11) is 0. The van der Waals surface area contributed by atoms with E-state index in [-0.39, 0.29) is 18.0 Å². The van der Waals surface area contributed by atoms with Crippen LogP contribution in [0.4, 0.5) is 0 Å². The van der Waals surface area contributed by atoms with Crippen LogP contribution in [0.5, 0.6) is 0 Å². The van der Waals surface area contributed by atoms with Crippen LogP contribution in [0.3, 0.4) is 0 Å². The summed E-state index contributed by atoms with van der Waals surface area (Å²) in [6.07, 6.45) is 6.99. The fraction of sp³-hybridized carbons (Fsp3) is 1.00. The minimum absolute atomic E-state index is 0.0846. The van der Waals surface area contributed by atoms with E-state index in [1.54, 1.807) is 0 Å². The summed E-state index contributed by atoms with van der Waals surface area (Å²) in [5.74, 6) is 0.352. The molecular formula is C14H24O4. The summed E-state index contributed by atoms with van der Waals surface area (Å²) < 4.78 is 16.8. The molecule has 0 aromatic heterocycles. The lowest BCUT2D eigenvalue weighted by Gasteiger charge is -2.40. The molecule has 1 spiro atoms. The average Bonchev–Trinajstić information content (AvgIpc) is 3.02. The predicted molar refractivity (Wildman–Crippen MR) is 66.2 cm³/mol. The molecule has 2 atom stereocenters. The van der Waals surface area contributed by atoms with Crippen molar-refractivity contribution in [1.29, 1.82) is 0 Å². The van der Waals surface area contributed by atoms with Gasteiger partial charge >= 0.3 is 0 Å². The van der Waals surface area contributed by atoms with Gasteiger partial charge in [0.15, 0.2) is 6.29 Å². The molecule has 2 unspecified atom stereocenters. The second-order valence-electron chi connectivity index (χ2n) is 5.97. The SMILES string of the molecule is OC(CC1OCCO1)C1CCOC2(CCCC2)C1. The Hall–Kier alpha value is -0.160. The number of hydrogen-bond acceptors (Lipinski definition) is 4.